The van der Waals surface area contributed by atoms with E-state index in [0.717, 1.165) is 4.57 Å². The maximum absolute atomic E-state index is 11.6. The first-order valence-corrected chi connectivity index (χ1v) is 4.08. The van der Waals surface area contributed by atoms with Gasteiger partial charge in [0.15, 0.2) is 0 Å². The van der Waals surface area contributed by atoms with Gasteiger partial charge in [0.1, 0.15) is 0 Å². The number of nitrogens with one attached hydrogen (secondary N) is 1. The minimum absolute atomic E-state index is 0.337. The highest BCUT2D eigenvalue weighted by Crippen LogP contribution is 2.09. The Morgan fingerprint density at radius 3 is 2.79 bits per heavy atom. The molecule has 0 aliphatic heterocycles. The molecule has 0 saturated heterocycles. The molecular formula is C9H9N3O2. The lowest BCUT2D eigenvalue weighted by molar-refractivity contribution is 0.794. The molecule has 5 nitrogen and oxygen atoms in total. The van der Waals surface area contributed by atoms with Gasteiger partial charge in [0.25, 0.3) is 5.56 Å². The molecule has 0 atom stereocenters. The fraction of sp³-hybridized carbons (Fsp3) is 0.111. The molecule has 0 radical (unpaired) electrons. The molecule has 3 N–H and O–H groups in total. The van der Waals surface area contributed by atoms with Crippen molar-refractivity contribution in [3.8, 4) is 0 Å². The third-order valence-electron chi connectivity index (χ3n) is 2.12. The van der Waals surface area contributed by atoms with Crippen LogP contribution >= 0.6 is 0 Å². The molecule has 0 fully saturated rings. The Kier molecular flexibility index (Phi) is 1.67. The third kappa shape index (κ3) is 1.10. The molecular weight excluding hydrogens is 182 g/mol. The number of hydrogen-bond acceptors (Lipinski definition) is 3. The van der Waals surface area contributed by atoms with Gasteiger partial charge in [-0.15, -0.1) is 0 Å². The number of nitrogen functional groups attached to an aromatic ring is 1. The largest absolute Gasteiger partial charge is 0.399 e. The van der Waals surface area contributed by atoms with Crippen LogP contribution in [-0.2, 0) is 7.05 Å². The summed E-state index contributed by atoms with van der Waals surface area (Å²) in [6, 6.07) is 4.80. The van der Waals surface area contributed by atoms with Gasteiger partial charge in [0.2, 0.25) is 0 Å². The van der Waals surface area contributed by atoms with Crippen molar-refractivity contribution in [2.75, 3.05) is 5.73 Å². The molecule has 0 unspecified atom stereocenters. The van der Waals surface area contributed by atoms with Gasteiger partial charge in [-0.2, -0.15) is 0 Å². The monoisotopic (exact) mass is 191 g/mol. The van der Waals surface area contributed by atoms with Crippen LogP contribution in [0.5, 0.6) is 0 Å². The summed E-state index contributed by atoms with van der Waals surface area (Å²) in [4.78, 5) is 25.4. The molecule has 1 aromatic heterocycles. The molecule has 1 aromatic carbocycles. The lowest BCUT2D eigenvalue weighted by atomic mass is 10.2. The van der Waals surface area contributed by atoms with E-state index in [1.807, 2.05) is 0 Å². The lowest BCUT2D eigenvalue weighted by Crippen LogP contribution is -2.32. The van der Waals surface area contributed by atoms with E-state index in [4.69, 9.17) is 5.73 Å². The summed E-state index contributed by atoms with van der Waals surface area (Å²) in [5.41, 5.74) is 5.79. The Morgan fingerprint density at radius 2 is 2.07 bits per heavy atom. The maximum atomic E-state index is 11.6. The summed E-state index contributed by atoms with van der Waals surface area (Å²) in [6.45, 7) is 0. The number of fused-ring (bicyclic) bond motifs is 1. The van der Waals surface area contributed by atoms with Gasteiger partial charge in [0.05, 0.1) is 10.9 Å². The molecule has 2 rings (SSSR count). The van der Waals surface area contributed by atoms with E-state index in [1.54, 1.807) is 18.2 Å². The summed E-state index contributed by atoms with van der Waals surface area (Å²) in [5, 5.41) is 0.423. The Morgan fingerprint density at radius 1 is 1.36 bits per heavy atom. The van der Waals surface area contributed by atoms with Gasteiger partial charge in [-0.3, -0.25) is 9.36 Å². The SMILES string of the molecule is Cn1c(=O)[nH]c2ccc(N)cc2c1=O. The molecule has 0 bridgehead atoms. The Labute approximate surface area is 78.8 Å². The Balaban J connectivity index is 3.07. The first-order valence-electron chi connectivity index (χ1n) is 4.08. The van der Waals surface area contributed by atoms with Crippen LogP contribution in [0.15, 0.2) is 27.8 Å². The van der Waals surface area contributed by atoms with Crippen molar-refractivity contribution < 1.29 is 0 Å². The molecule has 0 spiro atoms. The molecule has 14 heavy (non-hydrogen) atoms. The van der Waals surface area contributed by atoms with E-state index in [2.05, 4.69) is 4.98 Å². The number of H-pyrrole nitrogens is 1. The minimum atomic E-state index is -0.424. The van der Waals surface area contributed by atoms with Gasteiger partial charge >= 0.3 is 5.69 Å². The number of nitrogens with two attached hydrogens (primary N) is 1. The van der Waals surface area contributed by atoms with Crippen molar-refractivity contribution in [2.24, 2.45) is 7.05 Å². The molecule has 2 aromatic rings. The minimum Gasteiger partial charge on any atom is -0.399 e. The summed E-state index contributed by atoms with van der Waals surface area (Å²) in [6.07, 6.45) is 0. The summed E-state index contributed by atoms with van der Waals surface area (Å²) in [5.74, 6) is 0. The quantitative estimate of drug-likeness (QED) is 0.566. The zero-order chi connectivity index (χ0) is 10.3. The van der Waals surface area contributed by atoms with Crippen LogP contribution in [0.2, 0.25) is 0 Å². The highest BCUT2D eigenvalue weighted by molar-refractivity contribution is 5.80. The average molecular weight is 191 g/mol. The van der Waals surface area contributed by atoms with E-state index in [-0.39, 0.29) is 5.56 Å². The summed E-state index contributed by atoms with van der Waals surface area (Å²) in [7, 11) is 1.42. The Bertz CT molecular complexity index is 609. The zero-order valence-electron chi connectivity index (χ0n) is 7.57. The second-order valence-electron chi connectivity index (χ2n) is 3.10. The molecule has 0 aliphatic rings. The fourth-order valence-corrected chi connectivity index (χ4v) is 1.32. The number of hydrogen-bond donors (Lipinski definition) is 2. The topological polar surface area (TPSA) is 80.9 Å². The van der Waals surface area contributed by atoms with Crippen molar-refractivity contribution >= 4 is 16.6 Å². The number of aromatic nitrogens is 2. The fourth-order valence-electron chi connectivity index (χ4n) is 1.32. The van der Waals surface area contributed by atoms with Crippen LogP contribution in [0.4, 0.5) is 5.69 Å². The predicted octanol–water partition coefficient (Wildman–Crippen LogP) is -0.191. The van der Waals surface area contributed by atoms with Gasteiger partial charge in [0, 0.05) is 12.7 Å². The smallest absolute Gasteiger partial charge is 0.328 e. The average Bonchev–Trinajstić information content (AvgIpc) is 2.16. The van der Waals surface area contributed by atoms with Crippen molar-refractivity contribution in [2.45, 2.75) is 0 Å². The van der Waals surface area contributed by atoms with Crippen LogP contribution in [0.3, 0.4) is 0 Å². The van der Waals surface area contributed by atoms with E-state index in [9.17, 15) is 9.59 Å². The van der Waals surface area contributed by atoms with E-state index in [1.165, 1.54) is 7.05 Å². The highest BCUT2D eigenvalue weighted by Gasteiger charge is 2.03. The van der Waals surface area contributed by atoms with Gasteiger partial charge in [-0.1, -0.05) is 0 Å². The van der Waals surface area contributed by atoms with E-state index in [0.29, 0.717) is 16.6 Å². The number of rotatable bonds is 0. The van der Waals surface area contributed by atoms with Crippen molar-refractivity contribution in [3.05, 3.63) is 39.0 Å². The summed E-state index contributed by atoms with van der Waals surface area (Å²) >= 11 is 0. The number of nitrogens with zero attached hydrogens (tertiary/aromatic N) is 1. The Hall–Kier alpha value is -2.04. The normalized spacial score (nSPS) is 10.6. The first kappa shape index (κ1) is 8.55. The highest BCUT2D eigenvalue weighted by atomic mass is 16.2. The zero-order valence-corrected chi connectivity index (χ0v) is 7.57. The number of aromatic amines is 1. The first-order chi connectivity index (χ1) is 6.59. The second-order valence-corrected chi connectivity index (χ2v) is 3.10. The van der Waals surface area contributed by atoms with Crippen LogP contribution in [0, 0.1) is 0 Å². The molecule has 5 heteroatoms. The van der Waals surface area contributed by atoms with Crippen LogP contribution < -0.4 is 17.0 Å². The number of benzene rings is 1. The second kappa shape index (κ2) is 2.73. The van der Waals surface area contributed by atoms with E-state index >= 15 is 0 Å². The van der Waals surface area contributed by atoms with Crippen molar-refractivity contribution in [3.63, 3.8) is 0 Å². The van der Waals surface area contributed by atoms with Crippen molar-refractivity contribution in [1.29, 1.82) is 0 Å². The van der Waals surface area contributed by atoms with Crippen LogP contribution in [0.1, 0.15) is 0 Å². The van der Waals surface area contributed by atoms with Gasteiger partial charge in [-0.25, -0.2) is 4.79 Å². The summed E-state index contributed by atoms with van der Waals surface area (Å²) < 4.78 is 1.02. The maximum Gasteiger partial charge on any atom is 0.328 e. The lowest BCUT2D eigenvalue weighted by Gasteiger charge is -2.00. The van der Waals surface area contributed by atoms with E-state index < -0.39 is 5.69 Å². The predicted molar refractivity (Wildman–Crippen MR) is 54.2 cm³/mol. The standard InChI is InChI=1S/C9H9N3O2/c1-12-8(13)6-4-5(10)2-3-7(6)11-9(12)14/h2-4H,10H2,1H3,(H,11,14). The van der Waals surface area contributed by atoms with Crippen LogP contribution in [0.25, 0.3) is 10.9 Å². The molecule has 0 aliphatic carbocycles. The molecule has 1 heterocycles. The van der Waals surface area contributed by atoms with Crippen molar-refractivity contribution in [1.82, 2.24) is 9.55 Å². The molecule has 0 amide bonds. The molecule has 72 valence electrons. The van der Waals surface area contributed by atoms with Crippen LogP contribution in [-0.4, -0.2) is 9.55 Å². The van der Waals surface area contributed by atoms with Gasteiger partial charge < -0.3 is 10.7 Å². The van der Waals surface area contributed by atoms with Gasteiger partial charge in [-0.05, 0) is 18.2 Å². The third-order valence-corrected chi connectivity index (χ3v) is 2.12. The molecule has 0 saturated carbocycles. The number of anilines is 1.